The highest BCUT2D eigenvalue weighted by atomic mass is 32.2. The minimum absolute atomic E-state index is 0.233. The summed E-state index contributed by atoms with van der Waals surface area (Å²) < 4.78 is 34.7. The number of nitrogens with zero attached hydrogens (tertiary/aromatic N) is 3. The Bertz CT molecular complexity index is 1020. The molecule has 1 aromatic carbocycles. The number of fused-ring (bicyclic) bond motifs is 1. The second-order valence-corrected chi connectivity index (χ2v) is 7.83. The van der Waals surface area contributed by atoms with Crippen LogP contribution in [0.15, 0.2) is 59.8 Å². The summed E-state index contributed by atoms with van der Waals surface area (Å²) in [6, 6.07) is 12.4. The van der Waals surface area contributed by atoms with Crippen molar-refractivity contribution in [3.63, 3.8) is 0 Å². The van der Waals surface area contributed by atoms with Crippen molar-refractivity contribution < 1.29 is 13.2 Å². The molecule has 27 heavy (non-hydrogen) atoms. The summed E-state index contributed by atoms with van der Waals surface area (Å²) >= 11 is 0. The Balaban J connectivity index is 1.30. The van der Waals surface area contributed by atoms with Gasteiger partial charge in [-0.25, -0.2) is 13.1 Å². The van der Waals surface area contributed by atoms with Crippen molar-refractivity contribution in [3.8, 4) is 11.6 Å². The number of anilines is 1. The van der Waals surface area contributed by atoms with Crippen molar-refractivity contribution in [2.24, 2.45) is 0 Å². The van der Waals surface area contributed by atoms with Gasteiger partial charge in [0, 0.05) is 31.9 Å². The topological polar surface area (TPSA) is 98.1 Å². The second-order valence-electron chi connectivity index (χ2n) is 6.06. The molecule has 0 bridgehead atoms. The minimum Gasteiger partial charge on any atom is -0.493 e. The van der Waals surface area contributed by atoms with Crippen LogP contribution >= 0.6 is 0 Å². The van der Waals surface area contributed by atoms with E-state index in [9.17, 15) is 8.42 Å². The fourth-order valence-electron chi connectivity index (χ4n) is 2.83. The molecule has 140 valence electrons. The Morgan fingerprint density at radius 3 is 2.70 bits per heavy atom. The summed E-state index contributed by atoms with van der Waals surface area (Å²) in [6.45, 7) is 1.22. The Morgan fingerprint density at radius 1 is 1.07 bits per heavy atom. The van der Waals surface area contributed by atoms with E-state index in [1.54, 1.807) is 24.3 Å². The predicted molar refractivity (Wildman–Crippen MR) is 101 cm³/mol. The van der Waals surface area contributed by atoms with Crippen molar-refractivity contribution in [1.82, 2.24) is 19.5 Å². The van der Waals surface area contributed by atoms with E-state index in [2.05, 4.69) is 20.2 Å². The van der Waals surface area contributed by atoms with Gasteiger partial charge in [-0.3, -0.25) is 0 Å². The molecule has 0 saturated heterocycles. The van der Waals surface area contributed by atoms with E-state index in [-0.39, 0.29) is 11.4 Å². The predicted octanol–water partition coefficient (Wildman–Crippen LogP) is 1.59. The largest absolute Gasteiger partial charge is 0.493 e. The van der Waals surface area contributed by atoms with Crippen LogP contribution in [0.2, 0.25) is 0 Å². The van der Waals surface area contributed by atoms with Crippen LogP contribution in [0.25, 0.3) is 5.82 Å². The first kappa shape index (κ1) is 17.5. The Kier molecular flexibility index (Phi) is 4.78. The van der Waals surface area contributed by atoms with Gasteiger partial charge in [-0.05, 0) is 48.0 Å². The molecule has 0 atom stereocenters. The third kappa shape index (κ3) is 3.93. The lowest BCUT2D eigenvalue weighted by Gasteiger charge is -2.09. The molecule has 0 spiro atoms. The number of ether oxygens (including phenoxy) is 1. The van der Waals surface area contributed by atoms with Crippen LogP contribution in [0.4, 0.5) is 5.82 Å². The molecule has 1 aliphatic rings. The number of rotatable bonds is 7. The fraction of sp³-hybridized carbons (Fsp3) is 0.222. The SMILES string of the molecule is O=S(=O)(NCCNc1ccc(-n2cccc2)nn1)c1ccc2c(c1)CCO2. The third-order valence-electron chi connectivity index (χ3n) is 4.21. The van der Waals surface area contributed by atoms with Gasteiger partial charge in [-0.2, -0.15) is 0 Å². The normalized spacial score (nSPS) is 13.2. The minimum atomic E-state index is -3.56. The Hall–Kier alpha value is -2.91. The molecule has 0 radical (unpaired) electrons. The average molecular weight is 385 g/mol. The van der Waals surface area contributed by atoms with Crippen LogP contribution in [-0.4, -0.2) is 42.9 Å². The number of hydrogen-bond acceptors (Lipinski definition) is 6. The maximum absolute atomic E-state index is 12.4. The number of aromatic nitrogens is 3. The van der Waals surface area contributed by atoms with Gasteiger partial charge in [0.15, 0.2) is 5.82 Å². The first-order valence-corrected chi connectivity index (χ1v) is 10.1. The van der Waals surface area contributed by atoms with Crippen LogP contribution in [0, 0.1) is 0 Å². The van der Waals surface area contributed by atoms with Gasteiger partial charge in [-0.15, -0.1) is 10.2 Å². The number of sulfonamides is 1. The van der Waals surface area contributed by atoms with Crippen LogP contribution in [0.3, 0.4) is 0 Å². The lowest BCUT2D eigenvalue weighted by molar-refractivity contribution is 0.356. The molecule has 0 aliphatic carbocycles. The number of hydrogen-bond donors (Lipinski definition) is 2. The zero-order chi connectivity index (χ0) is 18.7. The van der Waals surface area contributed by atoms with E-state index in [0.29, 0.717) is 24.8 Å². The summed E-state index contributed by atoms with van der Waals surface area (Å²) in [4.78, 5) is 0.252. The van der Waals surface area contributed by atoms with Gasteiger partial charge in [-0.1, -0.05) is 0 Å². The van der Waals surface area contributed by atoms with Gasteiger partial charge in [0.2, 0.25) is 10.0 Å². The van der Waals surface area contributed by atoms with E-state index in [1.807, 2.05) is 35.2 Å². The molecule has 0 fully saturated rings. The quantitative estimate of drug-likeness (QED) is 0.600. The second kappa shape index (κ2) is 7.37. The maximum Gasteiger partial charge on any atom is 0.240 e. The smallest absolute Gasteiger partial charge is 0.240 e. The molecule has 3 heterocycles. The molecule has 4 rings (SSSR count). The van der Waals surface area contributed by atoms with Gasteiger partial charge in [0.05, 0.1) is 11.5 Å². The van der Waals surface area contributed by atoms with Crippen LogP contribution in [0.5, 0.6) is 5.75 Å². The zero-order valence-electron chi connectivity index (χ0n) is 14.5. The molecule has 0 saturated carbocycles. The first-order chi connectivity index (χ1) is 13.1. The average Bonchev–Trinajstić information content (AvgIpc) is 3.36. The molecule has 9 heteroatoms. The van der Waals surface area contributed by atoms with Gasteiger partial charge in [0.25, 0.3) is 0 Å². The van der Waals surface area contributed by atoms with Crippen molar-refractivity contribution in [2.75, 3.05) is 25.0 Å². The van der Waals surface area contributed by atoms with Crippen molar-refractivity contribution in [2.45, 2.75) is 11.3 Å². The zero-order valence-corrected chi connectivity index (χ0v) is 15.3. The van der Waals surface area contributed by atoms with Crippen molar-refractivity contribution in [1.29, 1.82) is 0 Å². The molecular formula is C18H19N5O3S. The van der Waals surface area contributed by atoms with Gasteiger partial charge >= 0.3 is 0 Å². The molecule has 1 aliphatic heterocycles. The Morgan fingerprint density at radius 2 is 1.93 bits per heavy atom. The summed E-state index contributed by atoms with van der Waals surface area (Å²) in [6.07, 6.45) is 4.51. The van der Waals surface area contributed by atoms with E-state index in [1.165, 1.54) is 0 Å². The van der Waals surface area contributed by atoms with Gasteiger partial charge < -0.3 is 14.6 Å². The van der Waals surface area contributed by atoms with E-state index in [0.717, 1.165) is 17.7 Å². The molecule has 3 aromatic rings. The van der Waals surface area contributed by atoms with Crippen molar-refractivity contribution in [3.05, 3.63) is 60.4 Å². The van der Waals surface area contributed by atoms with Crippen LogP contribution in [-0.2, 0) is 16.4 Å². The molecular weight excluding hydrogens is 366 g/mol. The van der Waals surface area contributed by atoms with E-state index in [4.69, 9.17) is 4.74 Å². The molecule has 0 unspecified atom stereocenters. The third-order valence-corrected chi connectivity index (χ3v) is 5.67. The van der Waals surface area contributed by atoms with E-state index >= 15 is 0 Å². The number of nitrogens with one attached hydrogen (secondary N) is 2. The highest BCUT2D eigenvalue weighted by Crippen LogP contribution is 2.27. The summed E-state index contributed by atoms with van der Waals surface area (Å²) in [5, 5.41) is 11.3. The fourth-order valence-corrected chi connectivity index (χ4v) is 3.92. The van der Waals surface area contributed by atoms with Crippen LogP contribution < -0.4 is 14.8 Å². The summed E-state index contributed by atoms with van der Waals surface area (Å²) in [5.41, 5.74) is 0.925. The van der Waals surface area contributed by atoms with Gasteiger partial charge in [0.1, 0.15) is 11.6 Å². The summed E-state index contributed by atoms with van der Waals surface area (Å²) in [7, 11) is -3.56. The Labute approximate surface area is 157 Å². The lowest BCUT2D eigenvalue weighted by Crippen LogP contribution is -2.29. The molecule has 8 nitrogen and oxygen atoms in total. The monoisotopic (exact) mass is 385 g/mol. The van der Waals surface area contributed by atoms with Crippen molar-refractivity contribution >= 4 is 15.8 Å². The number of benzene rings is 1. The first-order valence-electron chi connectivity index (χ1n) is 8.58. The molecule has 2 aromatic heterocycles. The summed E-state index contributed by atoms with van der Waals surface area (Å²) in [5.74, 6) is 2.06. The lowest BCUT2D eigenvalue weighted by atomic mass is 10.2. The standard InChI is InChI=1S/C18H19N5O3S/c24-27(25,15-3-4-16-14(13-15)7-12-26-16)20-9-8-19-17-5-6-18(22-21-17)23-10-1-2-11-23/h1-6,10-11,13,20H,7-9,12H2,(H,19,21). The molecule has 0 amide bonds. The van der Waals surface area contributed by atoms with E-state index < -0.39 is 10.0 Å². The maximum atomic E-state index is 12.4. The highest BCUT2D eigenvalue weighted by molar-refractivity contribution is 7.89. The highest BCUT2D eigenvalue weighted by Gasteiger charge is 2.18. The molecule has 2 N–H and O–H groups in total. The van der Waals surface area contributed by atoms with Crippen LogP contribution in [0.1, 0.15) is 5.56 Å².